The number of hydrogen-bond acceptors (Lipinski definition) is 8. The fourth-order valence-electron chi connectivity index (χ4n) is 2.78. The van der Waals surface area contributed by atoms with E-state index in [1.807, 2.05) is 0 Å². The molecule has 2 aliphatic rings. The fraction of sp³-hybridized carbons (Fsp3) is 0.875. The Morgan fingerprint density at radius 1 is 1.26 bits per heavy atom. The molecule has 2 saturated heterocycles. The molecule has 11 heteroatoms. The zero-order chi connectivity index (χ0) is 19.9. The Morgan fingerprint density at radius 3 is 2.63 bits per heavy atom. The van der Waals surface area contributed by atoms with Crippen LogP contribution in [0.4, 0.5) is 0 Å². The Bertz CT molecular complexity index is 566. The minimum atomic E-state index is -3.59. The summed E-state index contributed by atoms with van der Waals surface area (Å²) in [5.74, 6) is -0.847. The molecular weight excluding hydrogens is 377 g/mol. The van der Waals surface area contributed by atoms with Crippen LogP contribution in [0.15, 0.2) is 0 Å². The minimum absolute atomic E-state index is 0.0569. The van der Waals surface area contributed by atoms with Gasteiger partial charge in [0.05, 0.1) is 33.4 Å². The van der Waals surface area contributed by atoms with Gasteiger partial charge in [-0.2, -0.15) is 0 Å². The number of amides is 1. The van der Waals surface area contributed by atoms with Gasteiger partial charge in [-0.25, -0.2) is 9.65 Å². The number of nitrogens with zero attached hydrogens (tertiary/aromatic N) is 1. The number of carbonyl (C=O) groups is 2. The van der Waals surface area contributed by atoms with Crippen LogP contribution in [0.1, 0.15) is 20.3 Å². The van der Waals surface area contributed by atoms with Crippen LogP contribution in [0.3, 0.4) is 0 Å². The van der Waals surface area contributed by atoms with Crippen LogP contribution in [0.25, 0.3) is 0 Å². The van der Waals surface area contributed by atoms with Gasteiger partial charge >= 0.3 is 13.7 Å². The highest BCUT2D eigenvalue weighted by Crippen LogP contribution is 2.52. The Hall–Kier alpha value is -1.03. The van der Waals surface area contributed by atoms with E-state index >= 15 is 0 Å². The molecular formula is C16H30N3O7P. The van der Waals surface area contributed by atoms with Crippen molar-refractivity contribution in [2.24, 2.45) is 5.41 Å². The molecule has 0 saturated carbocycles. The summed E-state index contributed by atoms with van der Waals surface area (Å²) in [6, 6.07) is 0. The fourth-order valence-corrected chi connectivity index (χ4v) is 4.54. The summed E-state index contributed by atoms with van der Waals surface area (Å²) in [5.41, 5.74) is -0.658. The van der Waals surface area contributed by atoms with Gasteiger partial charge in [0.2, 0.25) is 5.91 Å². The molecule has 0 aromatic carbocycles. The lowest BCUT2D eigenvalue weighted by atomic mass is 9.87. The lowest BCUT2D eigenvalue weighted by molar-refractivity contribution is -0.141. The van der Waals surface area contributed by atoms with Crippen molar-refractivity contribution in [3.8, 4) is 0 Å². The van der Waals surface area contributed by atoms with E-state index in [1.165, 1.54) is 7.11 Å². The van der Waals surface area contributed by atoms with E-state index in [9.17, 15) is 14.2 Å². The summed E-state index contributed by atoms with van der Waals surface area (Å²) in [6.07, 6.45) is -0.896. The van der Waals surface area contributed by atoms with Gasteiger partial charge in [0, 0.05) is 38.1 Å². The number of methoxy groups -OCH3 is 1. The van der Waals surface area contributed by atoms with Gasteiger partial charge in [-0.15, -0.1) is 0 Å². The maximum atomic E-state index is 12.9. The Labute approximate surface area is 159 Å². The van der Waals surface area contributed by atoms with Crippen molar-refractivity contribution >= 4 is 19.6 Å². The lowest BCUT2D eigenvalue weighted by Crippen LogP contribution is -2.51. The van der Waals surface area contributed by atoms with Crippen molar-refractivity contribution in [1.82, 2.24) is 15.3 Å². The average Bonchev–Trinajstić information content (AvgIpc) is 2.64. The minimum Gasteiger partial charge on any atom is -0.469 e. The number of ether oxygens (including phenoxy) is 2. The first-order valence-corrected chi connectivity index (χ1v) is 10.6. The van der Waals surface area contributed by atoms with Crippen LogP contribution in [-0.2, 0) is 32.7 Å². The number of esters is 1. The van der Waals surface area contributed by atoms with Crippen LogP contribution in [0.5, 0.6) is 0 Å². The van der Waals surface area contributed by atoms with E-state index in [0.29, 0.717) is 26.3 Å². The van der Waals surface area contributed by atoms with Gasteiger partial charge in [-0.3, -0.25) is 23.5 Å². The maximum absolute atomic E-state index is 12.9. The molecule has 10 nitrogen and oxygen atoms in total. The van der Waals surface area contributed by atoms with Crippen molar-refractivity contribution in [2.45, 2.75) is 26.4 Å². The van der Waals surface area contributed by atoms with Crippen LogP contribution >= 0.6 is 7.75 Å². The number of rotatable bonds is 8. The average molecular weight is 407 g/mol. The van der Waals surface area contributed by atoms with Crippen molar-refractivity contribution < 1.29 is 32.7 Å². The summed E-state index contributed by atoms with van der Waals surface area (Å²) < 4.78 is 33.7. The molecule has 0 aliphatic carbocycles. The molecule has 0 aromatic heterocycles. The highest BCUT2D eigenvalue weighted by Gasteiger charge is 2.47. The van der Waals surface area contributed by atoms with Gasteiger partial charge in [0.15, 0.2) is 6.10 Å². The van der Waals surface area contributed by atoms with Crippen LogP contribution in [-0.4, -0.2) is 82.5 Å². The largest absolute Gasteiger partial charge is 0.469 e. The summed E-state index contributed by atoms with van der Waals surface area (Å²) in [4.78, 5) is 25.8. The number of hydrogen-bond donors (Lipinski definition) is 2. The lowest BCUT2D eigenvalue weighted by Gasteiger charge is -2.40. The van der Waals surface area contributed by atoms with Crippen LogP contribution < -0.4 is 10.4 Å². The van der Waals surface area contributed by atoms with Gasteiger partial charge < -0.3 is 14.8 Å². The van der Waals surface area contributed by atoms with Gasteiger partial charge in [0.1, 0.15) is 0 Å². The predicted molar refractivity (Wildman–Crippen MR) is 97.1 cm³/mol. The Kier molecular flexibility index (Phi) is 8.20. The Morgan fingerprint density at radius 2 is 1.96 bits per heavy atom. The first-order valence-electron chi connectivity index (χ1n) is 9.08. The van der Waals surface area contributed by atoms with Crippen molar-refractivity contribution in [2.75, 3.05) is 59.7 Å². The molecule has 0 radical (unpaired) electrons. The second kappa shape index (κ2) is 9.95. The number of morpholine rings is 1. The molecule has 27 heavy (non-hydrogen) atoms. The monoisotopic (exact) mass is 407 g/mol. The van der Waals surface area contributed by atoms with Gasteiger partial charge in [-0.05, 0) is 0 Å². The SMILES string of the molecule is COC(=O)CCNC(=O)[C@@H]1OP(=O)(NCCN2CCOCC2)OCC1(C)C. The first kappa shape index (κ1) is 22.3. The van der Waals surface area contributed by atoms with E-state index in [-0.39, 0.29) is 19.6 Å². The molecule has 2 aliphatic heterocycles. The molecule has 156 valence electrons. The zero-order valence-electron chi connectivity index (χ0n) is 16.2. The molecule has 0 spiro atoms. The first-order chi connectivity index (χ1) is 12.8. The molecule has 2 fully saturated rings. The molecule has 1 amide bonds. The molecule has 2 heterocycles. The second-order valence-electron chi connectivity index (χ2n) is 7.22. The normalized spacial score (nSPS) is 28.5. The van der Waals surface area contributed by atoms with E-state index in [0.717, 1.165) is 13.1 Å². The van der Waals surface area contributed by atoms with Crippen molar-refractivity contribution in [3.05, 3.63) is 0 Å². The summed E-state index contributed by atoms with van der Waals surface area (Å²) in [5, 5.41) is 5.45. The third kappa shape index (κ3) is 6.81. The third-order valence-electron chi connectivity index (χ3n) is 4.49. The van der Waals surface area contributed by atoms with E-state index in [4.69, 9.17) is 13.8 Å². The zero-order valence-corrected chi connectivity index (χ0v) is 17.1. The molecule has 0 bridgehead atoms. The number of carbonyl (C=O) groups excluding carboxylic acids is 2. The second-order valence-corrected chi connectivity index (χ2v) is 9.00. The van der Waals surface area contributed by atoms with E-state index in [1.54, 1.807) is 13.8 Å². The van der Waals surface area contributed by atoms with Crippen molar-refractivity contribution in [1.29, 1.82) is 0 Å². The topological polar surface area (TPSA) is 115 Å². The van der Waals surface area contributed by atoms with E-state index < -0.39 is 31.1 Å². The molecule has 2 atom stereocenters. The van der Waals surface area contributed by atoms with Crippen LogP contribution in [0, 0.1) is 5.41 Å². The highest BCUT2D eigenvalue weighted by molar-refractivity contribution is 7.51. The molecule has 2 rings (SSSR count). The number of nitrogens with one attached hydrogen (secondary N) is 2. The smallest absolute Gasteiger partial charge is 0.406 e. The highest BCUT2D eigenvalue weighted by atomic mass is 31.2. The molecule has 0 aromatic rings. The summed E-state index contributed by atoms with van der Waals surface area (Å²) >= 11 is 0. The summed E-state index contributed by atoms with van der Waals surface area (Å²) in [7, 11) is -2.30. The quantitative estimate of drug-likeness (QED) is 0.428. The van der Waals surface area contributed by atoms with E-state index in [2.05, 4.69) is 20.0 Å². The maximum Gasteiger partial charge on any atom is 0.406 e. The third-order valence-corrected chi connectivity index (χ3v) is 6.06. The summed E-state index contributed by atoms with van der Waals surface area (Å²) in [6.45, 7) is 7.95. The molecule has 2 N–H and O–H groups in total. The predicted octanol–water partition coefficient (Wildman–Crippen LogP) is 0.137. The van der Waals surface area contributed by atoms with Gasteiger partial charge in [0.25, 0.3) is 0 Å². The Balaban J connectivity index is 1.85. The van der Waals surface area contributed by atoms with Crippen molar-refractivity contribution in [3.63, 3.8) is 0 Å². The standard InChI is InChI=1S/C16H30N3O7P/c1-16(2)12-25-27(22,18-6-7-19-8-10-24-11-9-19)26-14(16)15(21)17-5-4-13(20)23-3/h14H,4-12H2,1-3H3,(H,17,21)(H,18,22)/t14-,27?/m0/s1. The van der Waals surface area contributed by atoms with Crippen LogP contribution in [0.2, 0.25) is 0 Å². The molecule has 1 unspecified atom stereocenters. The van der Waals surface area contributed by atoms with Gasteiger partial charge in [-0.1, -0.05) is 13.8 Å².